The first-order chi connectivity index (χ1) is 15.0. The molecule has 3 N–H and O–H groups in total. The lowest BCUT2D eigenvalue weighted by Crippen LogP contribution is -2.37. The van der Waals surface area contributed by atoms with Gasteiger partial charge in [0.1, 0.15) is 12.4 Å². The Balaban J connectivity index is 1.54. The highest BCUT2D eigenvalue weighted by atomic mass is 32.2. The molecule has 1 aliphatic heterocycles. The summed E-state index contributed by atoms with van der Waals surface area (Å²) in [6.45, 7) is 4.10. The van der Waals surface area contributed by atoms with E-state index in [4.69, 9.17) is 20.6 Å². The average molecular weight is 445 g/mol. The van der Waals surface area contributed by atoms with E-state index in [9.17, 15) is 8.42 Å². The number of morpholine rings is 1. The molecule has 9 heteroatoms. The monoisotopic (exact) mass is 444 g/mol. The molecule has 1 fully saturated rings. The quantitative estimate of drug-likeness (QED) is 0.538. The molecule has 0 saturated carbocycles. The summed E-state index contributed by atoms with van der Waals surface area (Å²) in [5.74, 6) is 0.649. The highest BCUT2D eigenvalue weighted by molar-refractivity contribution is 7.91. The van der Waals surface area contributed by atoms with Crippen molar-refractivity contribution in [3.8, 4) is 5.75 Å². The summed E-state index contributed by atoms with van der Waals surface area (Å²) in [5, 5.41) is 7.79. The minimum absolute atomic E-state index is 0.114. The number of sulfone groups is 1. The van der Waals surface area contributed by atoms with E-state index in [0.29, 0.717) is 36.0 Å². The zero-order valence-electron chi connectivity index (χ0n) is 17.4. The van der Waals surface area contributed by atoms with Gasteiger partial charge >= 0.3 is 0 Å². The van der Waals surface area contributed by atoms with Gasteiger partial charge in [0.15, 0.2) is 9.84 Å². The molecule has 8 nitrogen and oxygen atoms in total. The highest BCUT2D eigenvalue weighted by Gasteiger charge is 2.17. The van der Waals surface area contributed by atoms with E-state index in [2.05, 4.69) is 9.88 Å². The minimum atomic E-state index is -3.35. The van der Waals surface area contributed by atoms with Gasteiger partial charge < -0.3 is 15.2 Å². The van der Waals surface area contributed by atoms with Gasteiger partial charge in [-0.3, -0.25) is 15.3 Å². The summed E-state index contributed by atoms with van der Waals surface area (Å²) in [6, 6.07) is 10.2. The van der Waals surface area contributed by atoms with Crippen molar-refractivity contribution >= 4 is 15.5 Å². The van der Waals surface area contributed by atoms with Crippen molar-refractivity contribution in [2.45, 2.75) is 17.9 Å². The van der Waals surface area contributed by atoms with E-state index in [-0.39, 0.29) is 18.1 Å². The minimum Gasteiger partial charge on any atom is -0.487 e. The summed E-state index contributed by atoms with van der Waals surface area (Å²) < 4.78 is 36.5. The van der Waals surface area contributed by atoms with Crippen LogP contribution < -0.4 is 10.5 Å². The van der Waals surface area contributed by atoms with Crippen molar-refractivity contribution in [1.82, 2.24) is 9.88 Å². The number of nitrogens with two attached hydrogens (primary N) is 1. The lowest BCUT2D eigenvalue weighted by molar-refractivity contribution is 0.0381. The Bertz CT molecular complexity index is 1000. The second-order valence-electron chi connectivity index (χ2n) is 7.21. The molecule has 0 aliphatic carbocycles. The Morgan fingerprint density at radius 3 is 2.77 bits per heavy atom. The third-order valence-corrected chi connectivity index (χ3v) is 6.73. The Kier molecular flexibility index (Phi) is 8.16. The first kappa shape index (κ1) is 22.9. The van der Waals surface area contributed by atoms with E-state index in [1.165, 1.54) is 18.5 Å². The number of pyridine rings is 1. The maximum atomic E-state index is 12.7. The molecule has 31 heavy (non-hydrogen) atoms. The lowest BCUT2D eigenvalue weighted by atomic mass is 10.2. The SMILES string of the molecule is N=C(C=CN)c1ccc(OCc2cccc(S(=O)(=O)CCCN3CCOCC3)c2)cn1. The van der Waals surface area contributed by atoms with Crippen molar-refractivity contribution in [3.05, 3.63) is 66.1 Å². The molecule has 2 aromatic rings. The normalized spacial score (nSPS) is 15.2. The maximum absolute atomic E-state index is 12.7. The molecule has 1 aromatic carbocycles. The van der Waals surface area contributed by atoms with Crippen LogP contribution in [0.5, 0.6) is 5.75 Å². The van der Waals surface area contributed by atoms with Crippen LogP contribution in [-0.4, -0.2) is 62.6 Å². The first-order valence-corrected chi connectivity index (χ1v) is 11.8. The van der Waals surface area contributed by atoms with Gasteiger partial charge in [0.05, 0.1) is 41.5 Å². The van der Waals surface area contributed by atoms with Crippen molar-refractivity contribution in [1.29, 1.82) is 5.41 Å². The van der Waals surface area contributed by atoms with Crippen LogP contribution in [0.3, 0.4) is 0 Å². The van der Waals surface area contributed by atoms with Crippen molar-refractivity contribution in [3.63, 3.8) is 0 Å². The van der Waals surface area contributed by atoms with Gasteiger partial charge in [-0.25, -0.2) is 8.42 Å². The number of nitrogens with zero attached hydrogens (tertiary/aromatic N) is 2. The zero-order chi connectivity index (χ0) is 22.1. The van der Waals surface area contributed by atoms with Crippen LogP contribution in [0.1, 0.15) is 17.7 Å². The predicted molar refractivity (Wildman–Crippen MR) is 119 cm³/mol. The van der Waals surface area contributed by atoms with E-state index in [1.54, 1.807) is 30.3 Å². The zero-order valence-corrected chi connectivity index (χ0v) is 18.2. The number of hydrogen-bond acceptors (Lipinski definition) is 8. The lowest BCUT2D eigenvalue weighted by Gasteiger charge is -2.26. The average Bonchev–Trinajstić information content (AvgIpc) is 2.79. The van der Waals surface area contributed by atoms with Gasteiger partial charge in [-0.05, 0) is 55.1 Å². The van der Waals surface area contributed by atoms with Crippen LogP contribution in [0, 0.1) is 5.41 Å². The fourth-order valence-corrected chi connectivity index (χ4v) is 4.58. The summed E-state index contributed by atoms with van der Waals surface area (Å²) >= 11 is 0. The molecule has 1 aliphatic rings. The summed E-state index contributed by atoms with van der Waals surface area (Å²) in [7, 11) is -3.35. The number of aromatic nitrogens is 1. The second kappa shape index (κ2) is 11.0. The molecule has 166 valence electrons. The summed E-state index contributed by atoms with van der Waals surface area (Å²) in [6.07, 6.45) is 4.86. The van der Waals surface area contributed by atoms with Crippen LogP contribution in [0.25, 0.3) is 0 Å². The van der Waals surface area contributed by atoms with Crippen LogP contribution in [0.4, 0.5) is 0 Å². The molecular weight excluding hydrogens is 416 g/mol. The van der Waals surface area contributed by atoms with Crippen LogP contribution >= 0.6 is 0 Å². The molecule has 3 rings (SSSR count). The molecule has 0 radical (unpaired) electrons. The maximum Gasteiger partial charge on any atom is 0.178 e. The molecule has 0 bridgehead atoms. The standard InChI is InChI=1S/C22H28N4O4S/c23-8-7-21(24)22-6-5-19(16-25-22)30-17-18-3-1-4-20(15-18)31(27,28)14-2-9-26-10-12-29-13-11-26/h1,3-8,15-16,24H,2,9-14,17,23H2. The molecule has 0 spiro atoms. The first-order valence-electron chi connectivity index (χ1n) is 10.2. The smallest absolute Gasteiger partial charge is 0.178 e. The molecule has 0 unspecified atom stereocenters. The number of rotatable bonds is 10. The summed E-state index contributed by atoms with van der Waals surface area (Å²) in [4.78, 5) is 6.72. The van der Waals surface area contributed by atoms with Crippen LogP contribution in [0.15, 0.2) is 59.8 Å². The Hall–Kier alpha value is -2.75. The third kappa shape index (κ3) is 6.88. The fraction of sp³-hybridized carbons (Fsp3) is 0.364. The predicted octanol–water partition coefficient (Wildman–Crippen LogP) is 2.00. The number of hydrogen-bond donors (Lipinski definition) is 2. The van der Waals surface area contributed by atoms with Crippen molar-refractivity contribution in [2.24, 2.45) is 5.73 Å². The van der Waals surface area contributed by atoms with Crippen LogP contribution in [-0.2, 0) is 21.2 Å². The second-order valence-corrected chi connectivity index (χ2v) is 9.32. The van der Waals surface area contributed by atoms with E-state index in [1.807, 2.05) is 6.07 Å². The van der Waals surface area contributed by atoms with Crippen molar-refractivity contribution < 1.29 is 17.9 Å². The van der Waals surface area contributed by atoms with Gasteiger partial charge in [-0.1, -0.05) is 12.1 Å². The van der Waals surface area contributed by atoms with Gasteiger partial charge in [0, 0.05) is 13.1 Å². The number of nitrogens with one attached hydrogen (secondary N) is 1. The number of benzene rings is 1. The third-order valence-electron chi connectivity index (χ3n) is 4.93. The Morgan fingerprint density at radius 2 is 2.06 bits per heavy atom. The van der Waals surface area contributed by atoms with Crippen LogP contribution in [0.2, 0.25) is 0 Å². The number of allylic oxidation sites excluding steroid dienone is 1. The molecule has 0 atom stereocenters. The largest absolute Gasteiger partial charge is 0.487 e. The van der Waals surface area contributed by atoms with Gasteiger partial charge in [0.25, 0.3) is 0 Å². The van der Waals surface area contributed by atoms with E-state index in [0.717, 1.165) is 25.2 Å². The molecule has 0 amide bonds. The Morgan fingerprint density at radius 1 is 1.26 bits per heavy atom. The summed E-state index contributed by atoms with van der Waals surface area (Å²) in [5.41, 5.74) is 6.74. The molecule has 2 heterocycles. The van der Waals surface area contributed by atoms with Gasteiger partial charge in [-0.2, -0.15) is 0 Å². The van der Waals surface area contributed by atoms with Gasteiger partial charge in [0.2, 0.25) is 0 Å². The molecule has 1 saturated heterocycles. The fourth-order valence-electron chi connectivity index (χ4n) is 3.22. The Labute approximate surface area is 183 Å². The topological polar surface area (TPSA) is 119 Å². The van der Waals surface area contributed by atoms with Gasteiger partial charge in [-0.15, -0.1) is 0 Å². The van der Waals surface area contributed by atoms with E-state index >= 15 is 0 Å². The van der Waals surface area contributed by atoms with Crippen molar-refractivity contribution in [2.75, 3.05) is 38.6 Å². The highest BCUT2D eigenvalue weighted by Crippen LogP contribution is 2.17. The van der Waals surface area contributed by atoms with E-state index < -0.39 is 9.84 Å². The number of ether oxygens (including phenoxy) is 2. The molecular formula is C22H28N4O4S. The molecule has 1 aromatic heterocycles.